The van der Waals surface area contributed by atoms with Gasteiger partial charge in [0.25, 0.3) is 0 Å². The number of aromatic nitrogens is 1. The summed E-state index contributed by atoms with van der Waals surface area (Å²) in [5, 5.41) is 3.33. The molecular weight excluding hydrogens is 365 g/mol. The zero-order valence-electron chi connectivity index (χ0n) is 12.3. The lowest BCUT2D eigenvalue weighted by Gasteiger charge is -2.38. The third-order valence-electron chi connectivity index (χ3n) is 3.89. The zero-order valence-corrected chi connectivity index (χ0v) is 13.8. The fraction of sp³-hybridized carbons (Fsp3) is 0.250. The van der Waals surface area contributed by atoms with Crippen LogP contribution in [0.25, 0.3) is 10.9 Å². The molecule has 2 amide bonds. The quantitative estimate of drug-likeness (QED) is 0.826. The summed E-state index contributed by atoms with van der Waals surface area (Å²) in [6, 6.07) is 5.00. The fourth-order valence-corrected chi connectivity index (χ4v) is 3.00. The van der Waals surface area contributed by atoms with Crippen molar-refractivity contribution in [1.29, 1.82) is 0 Å². The van der Waals surface area contributed by atoms with E-state index in [1.807, 2.05) is 0 Å². The number of likely N-dealkylation sites (tertiary alicyclic amines) is 1. The van der Waals surface area contributed by atoms with Crippen molar-refractivity contribution in [3.05, 3.63) is 47.3 Å². The van der Waals surface area contributed by atoms with Crippen LogP contribution in [0.3, 0.4) is 0 Å². The number of benzene rings is 1. The topological polar surface area (TPSA) is 54.3 Å². The Kier molecular flexibility index (Phi) is 4.21. The van der Waals surface area contributed by atoms with Crippen LogP contribution in [-0.4, -0.2) is 40.4 Å². The number of rotatable bonds is 4. The molecule has 120 valence electrons. The van der Waals surface area contributed by atoms with Crippen LogP contribution in [0.15, 0.2) is 41.5 Å². The smallest absolute Gasteiger partial charge is 0.246 e. The standard InChI is InChI=1S/C16H15BrFN3O2/c1-2-15(23)21-7-10(8-21)19-14(22)9-20-6-5-11-13(20)4-3-12(17)16(11)18/h2-6,10H,1,7-9H2,(H,19,22). The van der Waals surface area contributed by atoms with E-state index in [0.717, 1.165) is 0 Å². The van der Waals surface area contributed by atoms with Crippen molar-refractivity contribution in [2.45, 2.75) is 12.6 Å². The number of halogens is 2. The molecule has 23 heavy (non-hydrogen) atoms. The molecule has 1 saturated heterocycles. The second-order valence-electron chi connectivity index (χ2n) is 5.45. The van der Waals surface area contributed by atoms with Crippen LogP contribution >= 0.6 is 15.9 Å². The summed E-state index contributed by atoms with van der Waals surface area (Å²) in [6.07, 6.45) is 2.95. The molecule has 5 nitrogen and oxygen atoms in total. The number of amides is 2. The lowest BCUT2D eigenvalue weighted by molar-refractivity contribution is -0.133. The van der Waals surface area contributed by atoms with Gasteiger partial charge in [-0.2, -0.15) is 0 Å². The summed E-state index contributed by atoms with van der Waals surface area (Å²) in [7, 11) is 0. The number of nitrogens with zero attached hydrogens (tertiary/aromatic N) is 2. The van der Waals surface area contributed by atoms with Gasteiger partial charge >= 0.3 is 0 Å². The van der Waals surface area contributed by atoms with E-state index in [2.05, 4.69) is 27.8 Å². The van der Waals surface area contributed by atoms with Crippen molar-refractivity contribution < 1.29 is 14.0 Å². The summed E-state index contributed by atoms with van der Waals surface area (Å²) in [5.41, 5.74) is 0.665. The van der Waals surface area contributed by atoms with Crippen molar-refractivity contribution in [3.63, 3.8) is 0 Å². The summed E-state index contributed by atoms with van der Waals surface area (Å²) >= 11 is 3.15. The maximum absolute atomic E-state index is 14.0. The monoisotopic (exact) mass is 379 g/mol. The minimum absolute atomic E-state index is 0.0425. The molecule has 0 atom stereocenters. The molecule has 1 N–H and O–H groups in total. The molecule has 1 aromatic carbocycles. The lowest BCUT2D eigenvalue weighted by Crippen LogP contribution is -2.61. The normalized spacial score (nSPS) is 14.6. The molecule has 1 fully saturated rings. The number of hydrogen-bond donors (Lipinski definition) is 1. The highest BCUT2D eigenvalue weighted by atomic mass is 79.9. The Morgan fingerprint density at radius 1 is 1.39 bits per heavy atom. The van der Waals surface area contributed by atoms with Crippen molar-refractivity contribution in [2.75, 3.05) is 13.1 Å². The highest BCUT2D eigenvalue weighted by Gasteiger charge is 2.30. The molecule has 0 bridgehead atoms. The second kappa shape index (κ2) is 6.16. The highest BCUT2D eigenvalue weighted by molar-refractivity contribution is 9.10. The summed E-state index contributed by atoms with van der Waals surface area (Å²) in [5.74, 6) is -0.631. The summed E-state index contributed by atoms with van der Waals surface area (Å²) in [4.78, 5) is 25.0. The first-order valence-electron chi connectivity index (χ1n) is 7.13. The predicted molar refractivity (Wildman–Crippen MR) is 88.3 cm³/mol. The number of nitrogens with one attached hydrogen (secondary N) is 1. The van der Waals surface area contributed by atoms with E-state index >= 15 is 0 Å². The van der Waals surface area contributed by atoms with Gasteiger partial charge in [-0.1, -0.05) is 6.58 Å². The predicted octanol–water partition coefficient (Wildman–Crippen LogP) is 2.06. The van der Waals surface area contributed by atoms with Crippen LogP contribution in [0, 0.1) is 5.82 Å². The molecule has 0 radical (unpaired) electrons. The molecule has 2 heterocycles. The van der Waals surface area contributed by atoms with Gasteiger partial charge in [0.05, 0.1) is 16.0 Å². The van der Waals surface area contributed by atoms with Gasteiger partial charge in [0.2, 0.25) is 11.8 Å². The molecule has 1 aliphatic heterocycles. The van der Waals surface area contributed by atoms with Crippen LogP contribution in [-0.2, 0) is 16.1 Å². The molecule has 2 aromatic rings. The first kappa shape index (κ1) is 15.7. The van der Waals surface area contributed by atoms with E-state index in [4.69, 9.17) is 0 Å². The Morgan fingerprint density at radius 3 is 2.83 bits per heavy atom. The van der Waals surface area contributed by atoms with Gasteiger partial charge in [-0.3, -0.25) is 9.59 Å². The minimum Gasteiger partial charge on any atom is -0.348 e. The van der Waals surface area contributed by atoms with Gasteiger partial charge in [0, 0.05) is 24.7 Å². The number of hydrogen-bond acceptors (Lipinski definition) is 2. The third-order valence-corrected chi connectivity index (χ3v) is 4.50. The average molecular weight is 380 g/mol. The van der Waals surface area contributed by atoms with Crippen LogP contribution < -0.4 is 5.32 Å². The molecular formula is C16H15BrFN3O2. The maximum Gasteiger partial charge on any atom is 0.246 e. The van der Waals surface area contributed by atoms with E-state index < -0.39 is 0 Å². The molecule has 7 heteroatoms. The first-order chi connectivity index (χ1) is 11.0. The van der Waals surface area contributed by atoms with E-state index in [9.17, 15) is 14.0 Å². The molecule has 1 aromatic heterocycles. The largest absolute Gasteiger partial charge is 0.348 e. The highest BCUT2D eigenvalue weighted by Crippen LogP contribution is 2.25. The SMILES string of the molecule is C=CC(=O)N1CC(NC(=O)Cn2ccc3c(F)c(Br)ccc32)C1. The Labute approximate surface area is 140 Å². The molecule has 3 rings (SSSR count). The van der Waals surface area contributed by atoms with Gasteiger partial charge in [0.1, 0.15) is 12.4 Å². The van der Waals surface area contributed by atoms with Crippen LogP contribution in [0.4, 0.5) is 4.39 Å². The van der Waals surface area contributed by atoms with E-state index in [1.54, 1.807) is 33.9 Å². The Balaban J connectivity index is 1.62. The van der Waals surface area contributed by atoms with E-state index in [1.165, 1.54) is 6.08 Å². The van der Waals surface area contributed by atoms with Crippen molar-refractivity contribution in [2.24, 2.45) is 0 Å². The average Bonchev–Trinajstić information content (AvgIpc) is 2.89. The minimum atomic E-state index is -0.334. The molecule has 0 unspecified atom stereocenters. The Bertz CT molecular complexity index is 796. The first-order valence-corrected chi connectivity index (χ1v) is 7.92. The van der Waals surface area contributed by atoms with Gasteiger partial charge in [-0.25, -0.2) is 4.39 Å². The Morgan fingerprint density at radius 2 is 2.13 bits per heavy atom. The van der Waals surface area contributed by atoms with E-state index in [0.29, 0.717) is 28.5 Å². The molecule has 0 saturated carbocycles. The fourth-order valence-electron chi connectivity index (χ4n) is 2.65. The lowest BCUT2D eigenvalue weighted by atomic mass is 10.1. The van der Waals surface area contributed by atoms with Gasteiger partial charge in [0.15, 0.2) is 0 Å². The third kappa shape index (κ3) is 3.01. The van der Waals surface area contributed by atoms with Crippen molar-refractivity contribution in [1.82, 2.24) is 14.8 Å². The maximum atomic E-state index is 14.0. The number of carbonyl (C=O) groups is 2. The second-order valence-corrected chi connectivity index (χ2v) is 6.30. The Hall–Kier alpha value is -2.15. The van der Waals surface area contributed by atoms with Gasteiger partial charge in [-0.15, -0.1) is 0 Å². The molecule has 0 spiro atoms. The van der Waals surface area contributed by atoms with Crippen molar-refractivity contribution in [3.8, 4) is 0 Å². The van der Waals surface area contributed by atoms with Crippen LogP contribution in [0.2, 0.25) is 0 Å². The number of carbonyl (C=O) groups excluding carboxylic acids is 2. The summed E-state index contributed by atoms with van der Waals surface area (Å²) < 4.78 is 16.1. The molecule has 1 aliphatic rings. The van der Waals surface area contributed by atoms with E-state index in [-0.39, 0.29) is 30.2 Å². The van der Waals surface area contributed by atoms with Gasteiger partial charge in [-0.05, 0) is 40.2 Å². The van der Waals surface area contributed by atoms with Crippen LogP contribution in [0.5, 0.6) is 0 Å². The molecule has 0 aliphatic carbocycles. The van der Waals surface area contributed by atoms with Gasteiger partial charge < -0.3 is 14.8 Å². The number of fused-ring (bicyclic) bond motifs is 1. The summed E-state index contributed by atoms with van der Waals surface area (Å²) in [6.45, 7) is 4.51. The van der Waals surface area contributed by atoms with Crippen LogP contribution in [0.1, 0.15) is 0 Å². The zero-order chi connectivity index (χ0) is 16.6. The van der Waals surface area contributed by atoms with Crippen molar-refractivity contribution >= 4 is 38.6 Å².